The van der Waals surface area contributed by atoms with Crippen molar-refractivity contribution in [2.24, 2.45) is 5.73 Å². The van der Waals surface area contributed by atoms with E-state index in [4.69, 9.17) is 5.73 Å². The van der Waals surface area contributed by atoms with Crippen LogP contribution in [0, 0.1) is 0 Å². The average molecular weight is 387 g/mol. The minimum absolute atomic E-state index is 0.348. The van der Waals surface area contributed by atoms with Gasteiger partial charge >= 0.3 is 0 Å². The third kappa shape index (κ3) is 4.75. The highest BCUT2D eigenvalue weighted by atomic mass is 15.1. The van der Waals surface area contributed by atoms with Gasteiger partial charge in [0.2, 0.25) is 0 Å². The van der Waals surface area contributed by atoms with Gasteiger partial charge in [0.25, 0.3) is 0 Å². The summed E-state index contributed by atoms with van der Waals surface area (Å²) < 4.78 is 2.12. The van der Waals surface area contributed by atoms with Crippen LogP contribution in [0.15, 0.2) is 78.4 Å². The predicted octanol–water partition coefficient (Wildman–Crippen LogP) is 4.59. The van der Waals surface area contributed by atoms with E-state index in [0.717, 1.165) is 5.56 Å². The second kappa shape index (κ2) is 8.22. The molecule has 0 saturated carbocycles. The lowest BCUT2D eigenvalue weighted by molar-refractivity contribution is -0.462. The smallest absolute Gasteiger partial charge is 0.199 e. The molecule has 0 amide bonds. The maximum Gasteiger partial charge on any atom is 0.199 e. The van der Waals surface area contributed by atoms with Gasteiger partial charge in [-0.2, -0.15) is 0 Å². The van der Waals surface area contributed by atoms with Gasteiger partial charge in [-0.15, -0.1) is 0 Å². The Hall–Kier alpha value is -2.91. The molecule has 2 aromatic rings. The van der Waals surface area contributed by atoms with Crippen molar-refractivity contribution >= 4 is 17.0 Å². The molecule has 0 fully saturated rings. The molecule has 2 aromatic carbocycles. The van der Waals surface area contributed by atoms with Gasteiger partial charge in [-0.1, -0.05) is 36.4 Å². The largest absolute Gasteiger partial charge is 0.378 e. The lowest BCUT2D eigenvalue weighted by Crippen LogP contribution is -2.28. The molecule has 0 aliphatic heterocycles. The molecule has 1 aliphatic carbocycles. The summed E-state index contributed by atoms with van der Waals surface area (Å²) in [5.74, 6) is 0. The first-order valence-electron chi connectivity index (χ1n) is 9.99. The fraction of sp³-hybridized carbons (Fsp3) is 0.269. The van der Waals surface area contributed by atoms with Gasteiger partial charge in [0, 0.05) is 37.5 Å². The molecule has 0 heterocycles. The molecule has 150 valence electrons. The summed E-state index contributed by atoms with van der Waals surface area (Å²) in [4.78, 5) is 2.12. The third-order valence-corrected chi connectivity index (χ3v) is 5.26. The van der Waals surface area contributed by atoms with Crippen molar-refractivity contribution in [1.82, 2.24) is 0 Å². The first-order chi connectivity index (χ1) is 13.7. The van der Waals surface area contributed by atoms with E-state index in [1.165, 1.54) is 33.7 Å². The standard InChI is InChI=1S/C26H32N3/c1-26(2,27)22-13-7-19(8-14-22)25(20-9-15-23(16-10-20)28(3)4)21-11-17-24(18-12-21)29(5)6/h7-18H,27H2,1-6H3/q+1. The second-order valence-electron chi connectivity index (χ2n) is 8.56. The van der Waals surface area contributed by atoms with Crippen LogP contribution in [0.3, 0.4) is 0 Å². The van der Waals surface area contributed by atoms with E-state index in [9.17, 15) is 0 Å². The number of allylic oxidation sites excluding steroid dienone is 5. The Balaban J connectivity index is 2.13. The summed E-state index contributed by atoms with van der Waals surface area (Å²) in [6.45, 7) is 4.07. The van der Waals surface area contributed by atoms with Gasteiger partial charge in [0.05, 0.1) is 0 Å². The van der Waals surface area contributed by atoms with E-state index in [0.29, 0.717) is 0 Å². The molecular weight excluding hydrogens is 354 g/mol. The fourth-order valence-electron chi connectivity index (χ4n) is 3.42. The van der Waals surface area contributed by atoms with Crippen molar-refractivity contribution in [3.05, 3.63) is 95.1 Å². The van der Waals surface area contributed by atoms with Crippen molar-refractivity contribution in [2.45, 2.75) is 19.4 Å². The first-order valence-corrected chi connectivity index (χ1v) is 9.99. The zero-order chi connectivity index (χ0) is 21.2. The highest BCUT2D eigenvalue weighted by Gasteiger charge is 2.16. The maximum atomic E-state index is 6.28. The number of nitrogens with two attached hydrogens (primary N) is 1. The molecule has 0 saturated heterocycles. The maximum absolute atomic E-state index is 6.28. The van der Waals surface area contributed by atoms with Crippen LogP contribution in [0.25, 0.3) is 5.57 Å². The zero-order valence-corrected chi connectivity index (χ0v) is 18.4. The van der Waals surface area contributed by atoms with Crippen molar-refractivity contribution in [3.63, 3.8) is 0 Å². The number of anilines is 1. The lowest BCUT2D eigenvalue weighted by Gasteiger charge is -2.20. The minimum Gasteiger partial charge on any atom is -0.378 e. The molecule has 3 rings (SSSR count). The topological polar surface area (TPSA) is 32.3 Å². The predicted molar refractivity (Wildman–Crippen MR) is 126 cm³/mol. The molecule has 29 heavy (non-hydrogen) atoms. The number of rotatable bonds is 4. The molecular formula is C26H32N3+. The molecule has 0 bridgehead atoms. The Morgan fingerprint density at radius 3 is 1.69 bits per heavy atom. The van der Waals surface area contributed by atoms with Gasteiger partial charge in [0.15, 0.2) is 5.71 Å². The SMILES string of the molecule is CN(C)c1ccc(C(=C2C=CC(=[N+](C)C)C=C2)c2ccc(C(C)(C)N)cc2)cc1. The van der Waals surface area contributed by atoms with E-state index >= 15 is 0 Å². The van der Waals surface area contributed by atoms with Crippen LogP contribution in [-0.4, -0.2) is 38.5 Å². The molecule has 1 aliphatic rings. The van der Waals surface area contributed by atoms with Crippen molar-refractivity contribution in [1.29, 1.82) is 0 Å². The van der Waals surface area contributed by atoms with Crippen molar-refractivity contribution < 1.29 is 4.58 Å². The van der Waals surface area contributed by atoms with Crippen LogP contribution in [-0.2, 0) is 5.54 Å². The van der Waals surface area contributed by atoms with Crippen molar-refractivity contribution in [2.75, 3.05) is 33.1 Å². The second-order valence-corrected chi connectivity index (χ2v) is 8.56. The summed E-state index contributed by atoms with van der Waals surface area (Å²) in [5.41, 5.74) is 14.3. The lowest BCUT2D eigenvalue weighted by atomic mass is 9.88. The van der Waals surface area contributed by atoms with Crippen LogP contribution >= 0.6 is 0 Å². The molecule has 0 aromatic heterocycles. The number of hydrogen-bond donors (Lipinski definition) is 1. The monoisotopic (exact) mass is 386 g/mol. The fourth-order valence-corrected chi connectivity index (χ4v) is 3.42. The first kappa shape index (κ1) is 20.8. The molecule has 0 atom stereocenters. The zero-order valence-electron chi connectivity index (χ0n) is 18.4. The van der Waals surface area contributed by atoms with Crippen LogP contribution in [0.4, 0.5) is 5.69 Å². The Morgan fingerprint density at radius 2 is 1.28 bits per heavy atom. The van der Waals surface area contributed by atoms with E-state index in [1.807, 2.05) is 13.8 Å². The van der Waals surface area contributed by atoms with Gasteiger partial charge in [-0.25, -0.2) is 4.58 Å². The van der Waals surface area contributed by atoms with Gasteiger partial charge in [-0.05, 0) is 66.0 Å². The van der Waals surface area contributed by atoms with E-state index < -0.39 is 0 Å². The van der Waals surface area contributed by atoms with Crippen molar-refractivity contribution in [3.8, 4) is 0 Å². The van der Waals surface area contributed by atoms with Gasteiger partial charge < -0.3 is 10.6 Å². The Labute approximate surface area is 175 Å². The Kier molecular flexibility index (Phi) is 5.90. The molecule has 0 unspecified atom stereocenters. The van der Waals surface area contributed by atoms with Gasteiger partial charge in [0.1, 0.15) is 14.1 Å². The molecule has 3 heteroatoms. The third-order valence-electron chi connectivity index (χ3n) is 5.26. The summed E-state index contributed by atoms with van der Waals surface area (Å²) in [6.07, 6.45) is 8.73. The van der Waals surface area contributed by atoms with E-state index in [1.54, 1.807) is 0 Å². The number of hydrogen-bond acceptors (Lipinski definition) is 2. The Bertz CT molecular complexity index is 971. The van der Waals surface area contributed by atoms with Crippen LogP contribution < -0.4 is 10.6 Å². The number of nitrogens with zero attached hydrogens (tertiary/aromatic N) is 2. The molecule has 3 nitrogen and oxygen atoms in total. The summed E-state index contributed by atoms with van der Waals surface area (Å²) in [6, 6.07) is 17.4. The highest BCUT2D eigenvalue weighted by Crippen LogP contribution is 2.31. The molecule has 0 radical (unpaired) electrons. The van der Waals surface area contributed by atoms with Gasteiger partial charge in [-0.3, -0.25) is 0 Å². The Morgan fingerprint density at radius 1 is 0.793 bits per heavy atom. The van der Waals surface area contributed by atoms with E-state index in [2.05, 4.69) is 111 Å². The normalized spacial score (nSPS) is 13.6. The average Bonchev–Trinajstić information content (AvgIpc) is 2.69. The number of benzene rings is 2. The van der Waals surface area contributed by atoms with Crippen LogP contribution in [0.2, 0.25) is 0 Å². The van der Waals surface area contributed by atoms with E-state index in [-0.39, 0.29) is 5.54 Å². The minimum atomic E-state index is -0.348. The summed E-state index contributed by atoms with van der Waals surface area (Å²) >= 11 is 0. The quantitative estimate of drug-likeness (QED) is 0.780. The molecule has 0 spiro atoms. The summed E-state index contributed by atoms with van der Waals surface area (Å²) in [7, 11) is 8.25. The molecule has 2 N–H and O–H groups in total. The van der Waals surface area contributed by atoms with Crippen LogP contribution in [0.1, 0.15) is 30.5 Å². The highest BCUT2D eigenvalue weighted by molar-refractivity contribution is 6.03. The summed E-state index contributed by atoms with van der Waals surface area (Å²) in [5, 5.41) is 0. The van der Waals surface area contributed by atoms with Crippen LogP contribution in [0.5, 0.6) is 0 Å².